The van der Waals surface area contributed by atoms with Crippen LogP contribution in [-0.4, -0.2) is 20.7 Å². The van der Waals surface area contributed by atoms with E-state index in [4.69, 9.17) is 0 Å². The van der Waals surface area contributed by atoms with Crippen molar-refractivity contribution in [2.45, 2.75) is 33.7 Å². The van der Waals surface area contributed by atoms with Crippen molar-refractivity contribution in [2.24, 2.45) is 13.0 Å². The number of aryl methyl sites for hydroxylation is 2. The number of fused-ring (bicyclic) bond motifs is 1. The van der Waals surface area contributed by atoms with Gasteiger partial charge in [-0.25, -0.2) is 4.98 Å². The summed E-state index contributed by atoms with van der Waals surface area (Å²) in [5.74, 6) is -0.0436. The minimum atomic E-state index is -0.0963. The van der Waals surface area contributed by atoms with Gasteiger partial charge in [0.25, 0.3) is 0 Å². The summed E-state index contributed by atoms with van der Waals surface area (Å²) in [6.07, 6.45) is 0.706. The van der Waals surface area contributed by atoms with E-state index in [-0.39, 0.29) is 11.8 Å². The molecule has 0 aliphatic rings. The molecule has 0 saturated heterocycles. The van der Waals surface area contributed by atoms with Gasteiger partial charge in [-0.2, -0.15) is 5.10 Å². The molecule has 0 spiro atoms. The Kier molecular flexibility index (Phi) is 4.66. The molecular weight excluding hydrogens is 320 g/mol. The fraction of sp³-hybridized carbons (Fsp3) is 0.389. The third kappa shape index (κ3) is 3.33. The second-order valence-corrected chi connectivity index (χ2v) is 7.29. The summed E-state index contributed by atoms with van der Waals surface area (Å²) in [4.78, 5) is 17.0. The van der Waals surface area contributed by atoms with Crippen molar-refractivity contribution in [3.05, 3.63) is 46.2 Å². The van der Waals surface area contributed by atoms with Gasteiger partial charge in [-0.3, -0.25) is 9.48 Å². The lowest BCUT2D eigenvalue weighted by Crippen LogP contribution is -2.30. The number of hydrogen-bond acceptors (Lipinski definition) is 4. The fourth-order valence-electron chi connectivity index (χ4n) is 2.84. The smallest absolute Gasteiger partial charge is 0.223 e. The molecule has 3 rings (SSSR count). The van der Waals surface area contributed by atoms with E-state index in [1.54, 1.807) is 11.3 Å². The van der Waals surface area contributed by atoms with Gasteiger partial charge in [0.05, 0.1) is 22.5 Å². The third-order valence-electron chi connectivity index (χ3n) is 4.37. The van der Waals surface area contributed by atoms with E-state index >= 15 is 0 Å². The van der Waals surface area contributed by atoms with Crippen LogP contribution in [0.5, 0.6) is 0 Å². The minimum absolute atomic E-state index is 0.0527. The van der Waals surface area contributed by atoms with Gasteiger partial charge in [0, 0.05) is 18.7 Å². The molecule has 24 heavy (non-hydrogen) atoms. The van der Waals surface area contributed by atoms with Gasteiger partial charge in [-0.1, -0.05) is 19.1 Å². The Morgan fingerprint density at radius 3 is 2.75 bits per heavy atom. The molecule has 0 radical (unpaired) electrons. The number of para-hydroxylation sites is 1. The highest BCUT2D eigenvalue weighted by Crippen LogP contribution is 2.21. The monoisotopic (exact) mass is 342 g/mol. The number of rotatable bonds is 5. The Labute approximate surface area is 145 Å². The van der Waals surface area contributed by atoms with Crippen molar-refractivity contribution >= 4 is 27.5 Å². The summed E-state index contributed by atoms with van der Waals surface area (Å²) in [5, 5.41) is 8.36. The number of benzene rings is 1. The van der Waals surface area contributed by atoms with Crippen LogP contribution in [0.2, 0.25) is 0 Å². The molecule has 0 unspecified atom stereocenters. The van der Waals surface area contributed by atoms with Gasteiger partial charge in [-0.15, -0.1) is 11.3 Å². The lowest BCUT2D eigenvalue weighted by atomic mass is 9.99. The van der Waals surface area contributed by atoms with Crippen LogP contribution in [0.25, 0.3) is 10.2 Å². The summed E-state index contributed by atoms with van der Waals surface area (Å²) in [6.45, 7) is 6.47. The van der Waals surface area contributed by atoms with Crippen molar-refractivity contribution < 1.29 is 4.79 Å². The predicted octanol–water partition coefficient (Wildman–Crippen LogP) is 3.14. The highest BCUT2D eigenvalue weighted by molar-refractivity contribution is 7.18. The molecule has 2 aromatic heterocycles. The molecule has 0 aliphatic heterocycles. The van der Waals surface area contributed by atoms with E-state index < -0.39 is 0 Å². The number of amides is 1. The molecule has 3 aromatic rings. The number of nitrogens with zero attached hydrogens (tertiary/aromatic N) is 3. The van der Waals surface area contributed by atoms with Gasteiger partial charge in [-0.05, 0) is 38.0 Å². The van der Waals surface area contributed by atoms with Crippen LogP contribution in [0.4, 0.5) is 0 Å². The zero-order chi connectivity index (χ0) is 17.3. The number of nitrogens with one attached hydrogen (secondary N) is 1. The van der Waals surface area contributed by atoms with Crippen LogP contribution in [0.3, 0.4) is 0 Å². The standard InChI is InChI=1S/C18H22N4OS/c1-11(9-14-12(2)21-22(4)13(14)3)18(23)19-10-17-20-15-7-5-6-8-16(15)24-17/h5-8,11H,9-10H2,1-4H3,(H,19,23)/t11-/m1/s1. The van der Waals surface area contributed by atoms with E-state index in [9.17, 15) is 4.79 Å². The summed E-state index contributed by atoms with van der Waals surface area (Å²) in [6, 6.07) is 8.03. The number of hydrogen-bond donors (Lipinski definition) is 1. The molecule has 1 aromatic carbocycles. The van der Waals surface area contributed by atoms with Crippen LogP contribution >= 0.6 is 11.3 Å². The van der Waals surface area contributed by atoms with E-state index in [2.05, 4.69) is 21.5 Å². The summed E-state index contributed by atoms with van der Waals surface area (Å²) in [7, 11) is 1.93. The molecule has 0 saturated carbocycles. The SMILES string of the molecule is Cc1nn(C)c(C)c1C[C@@H](C)C(=O)NCc1nc2ccccc2s1. The lowest BCUT2D eigenvalue weighted by molar-refractivity contribution is -0.124. The first-order valence-electron chi connectivity index (χ1n) is 8.07. The summed E-state index contributed by atoms with van der Waals surface area (Å²) >= 11 is 1.62. The van der Waals surface area contributed by atoms with Crippen LogP contribution in [0.1, 0.15) is 28.9 Å². The van der Waals surface area contributed by atoms with Crippen molar-refractivity contribution in [3.63, 3.8) is 0 Å². The molecule has 0 bridgehead atoms. The maximum absolute atomic E-state index is 12.4. The van der Waals surface area contributed by atoms with Crippen molar-refractivity contribution in [1.29, 1.82) is 0 Å². The molecule has 126 valence electrons. The number of carbonyl (C=O) groups excluding carboxylic acids is 1. The number of thiazole rings is 1. The van der Waals surface area contributed by atoms with Crippen molar-refractivity contribution in [2.75, 3.05) is 0 Å². The first-order valence-corrected chi connectivity index (χ1v) is 8.88. The van der Waals surface area contributed by atoms with Crippen LogP contribution in [0.15, 0.2) is 24.3 Å². The highest BCUT2D eigenvalue weighted by atomic mass is 32.1. The molecule has 1 amide bonds. The average molecular weight is 342 g/mol. The third-order valence-corrected chi connectivity index (χ3v) is 5.41. The number of carbonyl (C=O) groups is 1. The predicted molar refractivity (Wildman–Crippen MR) is 97.0 cm³/mol. The number of aromatic nitrogens is 3. The normalized spacial score (nSPS) is 12.5. The van der Waals surface area contributed by atoms with Crippen molar-refractivity contribution in [1.82, 2.24) is 20.1 Å². The lowest BCUT2D eigenvalue weighted by Gasteiger charge is -2.12. The Morgan fingerprint density at radius 1 is 1.33 bits per heavy atom. The Hall–Kier alpha value is -2.21. The van der Waals surface area contributed by atoms with Gasteiger partial charge in [0.2, 0.25) is 5.91 Å². The molecule has 2 heterocycles. The summed E-state index contributed by atoms with van der Waals surface area (Å²) < 4.78 is 3.02. The topological polar surface area (TPSA) is 59.8 Å². The van der Waals surface area contributed by atoms with Gasteiger partial charge in [0.15, 0.2) is 0 Å². The van der Waals surface area contributed by atoms with E-state index in [1.807, 2.05) is 50.7 Å². The zero-order valence-corrected chi connectivity index (χ0v) is 15.3. The van der Waals surface area contributed by atoms with E-state index in [0.29, 0.717) is 13.0 Å². The van der Waals surface area contributed by atoms with Crippen LogP contribution in [0, 0.1) is 19.8 Å². The largest absolute Gasteiger partial charge is 0.349 e. The molecule has 1 N–H and O–H groups in total. The molecule has 6 heteroatoms. The molecule has 0 aliphatic carbocycles. The van der Waals surface area contributed by atoms with Gasteiger partial charge < -0.3 is 5.32 Å². The second kappa shape index (κ2) is 6.73. The van der Waals surface area contributed by atoms with Crippen molar-refractivity contribution in [3.8, 4) is 0 Å². The fourth-order valence-corrected chi connectivity index (χ4v) is 3.75. The molecule has 1 atom stereocenters. The zero-order valence-electron chi connectivity index (χ0n) is 14.5. The van der Waals surface area contributed by atoms with Crippen LogP contribution in [-0.2, 0) is 24.8 Å². The van der Waals surface area contributed by atoms with Gasteiger partial charge >= 0.3 is 0 Å². The Balaban J connectivity index is 1.61. The van der Waals surface area contributed by atoms with Gasteiger partial charge in [0.1, 0.15) is 5.01 Å². The molecule has 0 fully saturated rings. The highest BCUT2D eigenvalue weighted by Gasteiger charge is 2.18. The van der Waals surface area contributed by atoms with E-state index in [1.165, 1.54) is 5.56 Å². The molecule has 5 nitrogen and oxygen atoms in total. The van der Waals surface area contributed by atoms with Crippen LogP contribution < -0.4 is 5.32 Å². The Morgan fingerprint density at radius 2 is 2.08 bits per heavy atom. The quantitative estimate of drug-likeness (QED) is 0.775. The van der Waals surface area contributed by atoms with E-state index in [0.717, 1.165) is 26.6 Å². The average Bonchev–Trinajstić information content (AvgIpc) is 3.08. The second-order valence-electron chi connectivity index (χ2n) is 6.17. The maximum Gasteiger partial charge on any atom is 0.223 e. The molecular formula is C18H22N4OS. The minimum Gasteiger partial charge on any atom is -0.349 e. The Bertz CT molecular complexity index is 847. The summed E-state index contributed by atoms with van der Waals surface area (Å²) in [5.41, 5.74) is 4.28. The maximum atomic E-state index is 12.4. The first kappa shape index (κ1) is 16.6. The first-order chi connectivity index (χ1) is 11.5.